The van der Waals surface area contributed by atoms with Crippen molar-refractivity contribution in [1.82, 2.24) is 0 Å². The summed E-state index contributed by atoms with van der Waals surface area (Å²) in [4.78, 5) is 32.7. The van der Waals surface area contributed by atoms with Crippen LogP contribution >= 0.6 is 0 Å². The van der Waals surface area contributed by atoms with E-state index in [0.717, 1.165) is 14.2 Å². The number of benzene rings is 8. The Morgan fingerprint density at radius 2 is 0.489 bits per heavy atom. The first-order chi connectivity index (χ1) is 42.3. The van der Waals surface area contributed by atoms with Crippen molar-refractivity contribution >= 4 is 47.6 Å². The number of ether oxygens (including phenoxy) is 4. The van der Waals surface area contributed by atoms with Gasteiger partial charge in [0.05, 0.1) is 59.4 Å². The summed E-state index contributed by atoms with van der Waals surface area (Å²) in [5.74, 6) is -0.424. The van der Waals surface area contributed by atoms with Crippen LogP contribution in [0.5, 0.6) is 69.0 Å². The Kier molecular flexibility index (Phi) is 52.9. The smallest absolute Gasteiger partial charge is 0.871 e. The van der Waals surface area contributed by atoms with Crippen LogP contribution in [-0.4, -0.2) is 85.9 Å². The maximum absolute atomic E-state index is 12.0. The van der Waals surface area contributed by atoms with Crippen molar-refractivity contribution < 1.29 is 195 Å². The van der Waals surface area contributed by atoms with E-state index in [4.69, 9.17) is 59.8 Å². The maximum atomic E-state index is 12.0. The number of hydrogen-bond acceptors (Lipinski definition) is 24. The van der Waals surface area contributed by atoms with Crippen molar-refractivity contribution in [1.29, 1.82) is 0 Å². The molecule has 92 heavy (non-hydrogen) atoms. The number of para-hydroxylation sites is 12. The number of aliphatic hydroxyl groups is 2. The Morgan fingerprint density at radius 3 is 0.641 bits per heavy atom. The summed E-state index contributed by atoms with van der Waals surface area (Å²) < 4.78 is 20.9. The fourth-order valence-corrected chi connectivity index (χ4v) is 6.43. The molecule has 0 amide bonds. The summed E-state index contributed by atoms with van der Waals surface area (Å²) >= 11 is 0. The molecule has 0 fully saturated rings. The zero-order valence-corrected chi connectivity index (χ0v) is 60.3. The molecular formula is C62H60Dy2N6O20Zn2. The van der Waals surface area contributed by atoms with E-state index in [9.17, 15) is 40.9 Å². The van der Waals surface area contributed by atoms with Crippen LogP contribution < -0.4 is 59.8 Å². The number of hydrogen-bond donors (Lipinski definition) is 2. The third-order valence-corrected chi connectivity index (χ3v) is 10.1. The zero-order chi connectivity index (χ0) is 65.8. The first-order valence-electron chi connectivity index (χ1n) is 25.8. The second-order valence-electron chi connectivity index (χ2n) is 15.8. The molecule has 0 saturated heterocycles. The molecule has 8 rings (SSSR count). The van der Waals surface area contributed by atoms with E-state index in [1.807, 2.05) is 27.7 Å². The van der Waals surface area contributed by atoms with Crippen LogP contribution in [0.1, 0.15) is 49.9 Å². The molecule has 0 aromatic heterocycles. The van der Waals surface area contributed by atoms with Gasteiger partial charge in [-0.2, -0.15) is 0 Å². The average molecular weight is 1660 g/mol. The third-order valence-electron chi connectivity index (χ3n) is 10.1. The normalized spacial score (nSPS) is 9.57. The summed E-state index contributed by atoms with van der Waals surface area (Å²) in [6.07, 6.45) is 5.56. The van der Waals surface area contributed by atoms with Crippen LogP contribution in [-0.2, 0) is 39.0 Å². The molecular weight excluding hydrogens is 1600 g/mol. The van der Waals surface area contributed by atoms with Gasteiger partial charge in [-0.1, -0.05) is 167 Å². The van der Waals surface area contributed by atoms with Crippen LogP contribution in [0.15, 0.2) is 190 Å². The van der Waals surface area contributed by atoms with E-state index < -0.39 is 10.2 Å². The Bertz CT molecular complexity index is 3050. The van der Waals surface area contributed by atoms with Crippen molar-refractivity contribution in [2.45, 2.75) is 27.7 Å². The van der Waals surface area contributed by atoms with E-state index in [-0.39, 0.29) is 161 Å². The van der Waals surface area contributed by atoms with Gasteiger partial charge in [0.15, 0.2) is 0 Å². The molecule has 0 aliphatic rings. The first kappa shape index (κ1) is 90.6. The van der Waals surface area contributed by atoms with Crippen molar-refractivity contribution in [2.24, 2.45) is 20.0 Å². The van der Waals surface area contributed by atoms with Crippen LogP contribution in [0.3, 0.4) is 0 Å². The quantitative estimate of drug-likeness (QED) is 0.0441. The Hall–Kier alpha value is -7.85. The molecule has 2 N–H and O–H groups in total. The standard InChI is InChI=1S/4C15H15NO3.2CH4O.2Dy.2NO3.2Zn/c4*1-2-19-14-9-5-6-11(15(14)18)10-16-12-7-3-4-8-13(12)17;2*1-2;;;2*2-1(3)4;;/h4*3-10,17-18H,2H2,1H3;2*2H,1H3;;;;;;/q;;;;;;2*+3;2*-1;2*+2/p-8. The molecule has 0 bridgehead atoms. The van der Waals surface area contributed by atoms with Gasteiger partial charge in [0.2, 0.25) is 0 Å². The van der Waals surface area contributed by atoms with Gasteiger partial charge in [-0.05, 0) is 98.5 Å². The fraction of sp³-hybridized carbons (Fsp3) is 0.161. The van der Waals surface area contributed by atoms with Gasteiger partial charge < -0.3 is 101 Å². The second-order valence-corrected chi connectivity index (χ2v) is 15.8. The minimum atomic E-state index is -1.75. The summed E-state index contributed by atoms with van der Waals surface area (Å²) in [5, 5.41) is 137. The van der Waals surface area contributed by atoms with Gasteiger partial charge in [0.25, 0.3) is 0 Å². The Labute approximate surface area is 617 Å². The van der Waals surface area contributed by atoms with Crippen molar-refractivity contribution in [3.63, 3.8) is 0 Å². The minimum absolute atomic E-state index is 0. The maximum Gasteiger partial charge on any atom is 3.00 e. The fourth-order valence-electron chi connectivity index (χ4n) is 6.43. The SMILES string of the molecule is CCOc1cccc(C=Nc2ccccc2[O-])c1[O-].CCOc1cccc(C=Nc2ccccc2[O-])c1[O-].CCOc1cccc(C=Nc2ccccc2[O-])c1[O-].CCOc1cccc(C=Nc2ccccc2[O-])c1[O-].CO.CO.O=[N+]([O-])[O-].O=[N+]([O-])[O-].[Dy+3].[Dy+3].[Zn+2].[Zn+2]. The predicted octanol–water partition coefficient (Wildman–Crippen LogP) is 6.67. The molecule has 0 atom stereocenters. The Balaban J connectivity index is -0.000000522. The second kappa shape index (κ2) is 53.8. The van der Waals surface area contributed by atoms with Crippen LogP contribution in [0.2, 0.25) is 0 Å². The van der Waals surface area contributed by atoms with Gasteiger partial charge in [0, 0.05) is 39.1 Å². The number of aliphatic imine (C=N–C) groups is 4. The predicted molar refractivity (Wildman–Crippen MR) is 318 cm³/mol. The van der Waals surface area contributed by atoms with E-state index in [1.54, 1.807) is 146 Å². The minimum Gasteiger partial charge on any atom is -0.871 e. The molecule has 2 radical (unpaired) electrons. The summed E-state index contributed by atoms with van der Waals surface area (Å²) in [6, 6.07) is 45.6. The molecule has 8 aromatic rings. The van der Waals surface area contributed by atoms with E-state index >= 15 is 0 Å². The molecule has 0 aliphatic heterocycles. The summed E-state index contributed by atoms with van der Waals surface area (Å²) in [7, 11) is 2.00. The summed E-state index contributed by atoms with van der Waals surface area (Å²) in [6.45, 7) is 8.97. The molecule has 26 nitrogen and oxygen atoms in total. The molecule has 0 saturated carbocycles. The van der Waals surface area contributed by atoms with Crippen molar-refractivity contribution in [2.75, 3.05) is 40.6 Å². The Morgan fingerprint density at radius 1 is 0.326 bits per heavy atom. The molecule has 0 heterocycles. The van der Waals surface area contributed by atoms with Crippen LogP contribution in [0.4, 0.5) is 22.7 Å². The van der Waals surface area contributed by atoms with Gasteiger partial charge >= 0.3 is 115 Å². The topological polar surface area (TPSA) is 444 Å². The van der Waals surface area contributed by atoms with Gasteiger partial charge in [0.1, 0.15) is 23.0 Å². The number of rotatable bonds is 16. The van der Waals surface area contributed by atoms with Crippen LogP contribution in [0, 0.1) is 107 Å². The molecule has 30 heteroatoms. The number of aliphatic hydroxyl groups excluding tert-OH is 2. The van der Waals surface area contributed by atoms with E-state index in [2.05, 4.69) is 20.0 Å². The van der Waals surface area contributed by atoms with E-state index in [1.165, 1.54) is 49.1 Å². The molecule has 0 spiro atoms. The van der Waals surface area contributed by atoms with E-state index in [0.29, 0.717) is 94.4 Å². The van der Waals surface area contributed by atoms with Crippen molar-refractivity contribution in [3.05, 3.63) is 223 Å². The molecule has 482 valence electrons. The largest absolute Gasteiger partial charge is 3.00 e. The monoisotopic (exact) mass is 1660 g/mol. The third kappa shape index (κ3) is 35.1. The van der Waals surface area contributed by atoms with Gasteiger partial charge in [-0.3, -0.25) is 20.0 Å². The van der Waals surface area contributed by atoms with Gasteiger partial charge in [-0.15, -0.1) is 0 Å². The number of nitrogens with zero attached hydrogens (tertiary/aromatic N) is 6. The zero-order valence-electron chi connectivity index (χ0n) is 50.3. The van der Waals surface area contributed by atoms with Crippen LogP contribution in [0.25, 0.3) is 0 Å². The molecule has 8 aromatic carbocycles. The molecule has 0 aliphatic carbocycles. The average Bonchev–Trinajstić information content (AvgIpc) is 2.71. The summed E-state index contributed by atoms with van der Waals surface area (Å²) in [5.41, 5.74) is 2.83. The first-order valence-corrected chi connectivity index (χ1v) is 25.8. The molecule has 0 unspecified atom stereocenters. The van der Waals surface area contributed by atoms with Crippen molar-refractivity contribution in [3.8, 4) is 69.0 Å². The van der Waals surface area contributed by atoms with Gasteiger partial charge in [-0.25, -0.2) is 0 Å².